The van der Waals surface area contributed by atoms with Gasteiger partial charge in [-0.1, -0.05) is 18.2 Å². The van der Waals surface area contributed by atoms with Crippen molar-refractivity contribution >= 4 is 11.0 Å². The predicted octanol–water partition coefficient (Wildman–Crippen LogP) is 3.68. The second-order valence-corrected chi connectivity index (χ2v) is 4.64. The number of rotatable bonds is 4. The fraction of sp³-hybridized carbons (Fsp3) is 0.188. The maximum Gasteiger partial charge on any atom is 0.134 e. The van der Waals surface area contributed by atoms with Crippen LogP contribution in [0, 0.1) is 0 Å². The Hall–Kier alpha value is -2.13. The third kappa shape index (κ3) is 2.51. The number of pyridine rings is 1. The summed E-state index contributed by atoms with van der Waals surface area (Å²) >= 11 is 0. The van der Waals surface area contributed by atoms with Crippen LogP contribution >= 0.6 is 0 Å². The fourth-order valence-corrected chi connectivity index (χ4v) is 2.20. The van der Waals surface area contributed by atoms with Crippen LogP contribution in [0.4, 0.5) is 0 Å². The number of para-hydroxylation sites is 1. The van der Waals surface area contributed by atoms with E-state index in [-0.39, 0.29) is 6.04 Å². The molecule has 0 saturated heterocycles. The molecule has 0 aliphatic carbocycles. The van der Waals surface area contributed by atoms with Gasteiger partial charge in [-0.2, -0.15) is 0 Å². The first-order valence-electron chi connectivity index (χ1n) is 6.43. The molecule has 2 heterocycles. The van der Waals surface area contributed by atoms with Gasteiger partial charge in [0.2, 0.25) is 0 Å². The van der Waals surface area contributed by atoms with Gasteiger partial charge < -0.3 is 9.73 Å². The summed E-state index contributed by atoms with van der Waals surface area (Å²) in [6.07, 6.45) is 5.47. The number of hydrogen-bond acceptors (Lipinski definition) is 3. The van der Waals surface area contributed by atoms with Crippen LogP contribution in [0.3, 0.4) is 0 Å². The zero-order chi connectivity index (χ0) is 13.1. The highest BCUT2D eigenvalue weighted by Gasteiger charge is 2.08. The number of furan rings is 1. The molecule has 96 valence electrons. The van der Waals surface area contributed by atoms with Gasteiger partial charge in [0.15, 0.2) is 0 Å². The van der Waals surface area contributed by atoms with Crippen molar-refractivity contribution in [2.75, 3.05) is 0 Å². The molecular formula is C16H16N2O. The van der Waals surface area contributed by atoms with E-state index in [9.17, 15) is 0 Å². The number of aromatic nitrogens is 1. The standard InChI is InChI=1S/C16H16N2O/c1-12(13-6-8-17-9-7-13)18-10-14-11-19-16-5-3-2-4-15(14)16/h2-9,11-12,18H,10H2,1H3/t12-/m1/s1. The third-order valence-corrected chi connectivity index (χ3v) is 3.37. The minimum Gasteiger partial charge on any atom is -0.464 e. The molecule has 3 heteroatoms. The Kier molecular flexibility index (Phi) is 3.29. The Bertz CT molecular complexity index is 661. The highest BCUT2D eigenvalue weighted by atomic mass is 16.3. The largest absolute Gasteiger partial charge is 0.464 e. The maximum atomic E-state index is 5.54. The Morgan fingerprint density at radius 3 is 2.79 bits per heavy atom. The van der Waals surface area contributed by atoms with Gasteiger partial charge in [0.25, 0.3) is 0 Å². The lowest BCUT2D eigenvalue weighted by atomic mass is 10.1. The Morgan fingerprint density at radius 1 is 1.16 bits per heavy atom. The summed E-state index contributed by atoms with van der Waals surface area (Å²) < 4.78 is 5.54. The Morgan fingerprint density at radius 2 is 1.95 bits per heavy atom. The van der Waals surface area contributed by atoms with Crippen LogP contribution in [0.1, 0.15) is 24.1 Å². The van der Waals surface area contributed by atoms with Gasteiger partial charge in [0.1, 0.15) is 5.58 Å². The smallest absolute Gasteiger partial charge is 0.134 e. The van der Waals surface area contributed by atoms with Crippen LogP contribution in [0.25, 0.3) is 11.0 Å². The normalized spacial score (nSPS) is 12.7. The molecule has 0 saturated carbocycles. The van der Waals surface area contributed by atoms with Crippen LogP contribution in [0.2, 0.25) is 0 Å². The molecule has 1 aromatic carbocycles. The van der Waals surface area contributed by atoms with E-state index in [2.05, 4.69) is 23.3 Å². The molecule has 0 unspecified atom stereocenters. The summed E-state index contributed by atoms with van der Waals surface area (Å²) in [4.78, 5) is 4.04. The van der Waals surface area contributed by atoms with Crippen LogP contribution in [0.15, 0.2) is 59.5 Å². The Balaban J connectivity index is 1.73. The first kappa shape index (κ1) is 11.9. The first-order chi connectivity index (χ1) is 9.34. The van der Waals surface area contributed by atoms with Crippen molar-refractivity contribution in [2.24, 2.45) is 0 Å². The highest BCUT2D eigenvalue weighted by Crippen LogP contribution is 2.21. The zero-order valence-corrected chi connectivity index (χ0v) is 10.8. The molecule has 0 radical (unpaired) electrons. The van der Waals surface area contributed by atoms with Gasteiger partial charge in [0.05, 0.1) is 6.26 Å². The molecule has 0 aliphatic heterocycles. The summed E-state index contributed by atoms with van der Waals surface area (Å²) in [6, 6.07) is 12.5. The minimum absolute atomic E-state index is 0.289. The fourth-order valence-electron chi connectivity index (χ4n) is 2.20. The minimum atomic E-state index is 0.289. The van der Waals surface area contributed by atoms with Gasteiger partial charge in [0, 0.05) is 35.9 Å². The molecular weight excluding hydrogens is 236 g/mol. The summed E-state index contributed by atoms with van der Waals surface area (Å²) in [5.74, 6) is 0. The van der Waals surface area contributed by atoms with Crippen molar-refractivity contribution in [3.63, 3.8) is 0 Å². The van der Waals surface area contributed by atoms with Crippen LogP contribution < -0.4 is 5.32 Å². The molecule has 0 spiro atoms. The number of nitrogens with zero attached hydrogens (tertiary/aromatic N) is 1. The first-order valence-corrected chi connectivity index (χ1v) is 6.43. The SMILES string of the molecule is C[C@@H](NCc1coc2ccccc12)c1ccncc1. The molecule has 2 aromatic heterocycles. The summed E-state index contributed by atoms with van der Waals surface area (Å²) in [6.45, 7) is 2.94. The lowest BCUT2D eigenvalue weighted by Gasteiger charge is -2.13. The van der Waals surface area contributed by atoms with Gasteiger partial charge in [-0.05, 0) is 30.7 Å². The van der Waals surface area contributed by atoms with Crippen molar-refractivity contribution in [1.29, 1.82) is 0 Å². The highest BCUT2D eigenvalue weighted by molar-refractivity contribution is 5.80. The van der Waals surface area contributed by atoms with E-state index in [1.54, 1.807) is 0 Å². The van der Waals surface area contributed by atoms with Crippen molar-refractivity contribution in [3.05, 3.63) is 66.2 Å². The van der Waals surface area contributed by atoms with Crippen molar-refractivity contribution in [2.45, 2.75) is 19.5 Å². The molecule has 19 heavy (non-hydrogen) atoms. The van der Waals surface area contributed by atoms with Crippen molar-refractivity contribution in [3.8, 4) is 0 Å². The predicted molar refractivity (Wildman–Crippen MR) is 75.7 cm³/mol. The van der Waals surface area contributed by atoms with E-state index in [4.69, 9.17) is 4.42 Å². The monoisotopic (exact) mass is 252 g/mol. The van der Waals surface area contributed by atoms with Crippen molar-refractivity contribution in [1.82, 2.24) is 10.3 Å². The van der Waals surface area contributed by atoms with Gasteiger partial charge in [-0.15, -0.1) is 0 Å². The molecule has 1 atom stereocenters. The van der Waals surface area contributed by atoms with E-state index >= 15 is 0 Å². The summed E-state index contributed by atoms with van der Waals surface area (Å²) in [5, 5.41) is 4.68. The third-order valence-electron chi connectivity index (χ3n) is 3.37. The maximum absolute atomic E-state index is 5.54. The quantitative estimate of drug-likeness (QED) is 0.769. The van der Waals surface area contributed by atoms with Crippen LogP contribution in [0.5, 0.6) is 0 Å². The number of hydrogen-bond donors (Lipinski definition) is 1. The lowest BCUT2D eigenvalue weighted by molar-refractivity contribution is 0.562. The number of benzene rings is 1. The zero-order valence-electron chi connectivity index (χ0n) is 10.8. The average Bonchev–Trinajstić information content (AvgIpc) is 2.89. The molecule has 3 rings (SSSR count). The Labute approximate surface area is 112 Å². The van der Waals surface area contributed by atoms with E-state index in [1.165, 1.54) is 16.5 Å². The topological polar surface area (TPSA) is 38.1 Å². The average molecular weight is 252 g/mol. The summed E-state index contributed by atoms with van der Waals surface area (Å²) in [7, 11) is 0. The second-order valence-electron chi connectivity index (χ2n) is 4.64. The summed E-state index contributed by atoms with van der Waals surface area (Å²) in [5.41, 5.74) is 3.37. The van der Waals surface area contributed by atoms with Gasteiger partial charge >= 0.3 is 0 Å². The van der Waals surface area contributed by atoms with E-state index < -0.39 is 0 Å². The molecule has 0 aliphatic rings. The molecule has 3 aromatic rings. The molecule has 3 nitrogen and oxygen atoms in total. The van der Waals surface area contributed by atoms with Crippen LogP contribution in [-0.4, -0.2) is 4.98 Å². The molecule has 0 fully saturated rings. The van der Waals surface area contributed by atoms with E-state index in [1.807, 2.05) is 49.0 Å². The molecule has 0 bridgehead atoms. The molecule has 1 N–H and O–H groups in total. The van der Waals surface area contributed by atoms with Crippen LogP contribution in [-0.2, 0) is 6.54 Å². The molecule has 0 amide bonds. The van der Waals surface area contributed by atoms with E-state index in [0.717, 1.165) is 12.1 Å². The number of nitrogens with one attached hydrogen (secondary N) is 1. The second kappa shape index (κ2) is 5.24. The van der Waals surface area contributed by atoms with E-state index in [0.29, 0.717) is 0 Å². The lowest BCUT2D eigenvalue weighted by Crippen LogP contribution is -2.17. The van der Waals surface area contributed by atoms with Gasteiger partial charge in [-0.25, -0.2) is 0 Å². The van der Waals surface area contributed by atoms with Crippen molar-refractivity contribution < 1.29 is 4.42 Å². The van der Waals surface area contributed by atoms with Gasteiger partial charge in [-0.3, -0.25) is 4.98 Å². The number of fused-ring (bicyclic) bond motifs is 1.